The normalized spacial score (nSPS) is 16.0. The van der Waals surface area contributed by atoms with E-state index in [-0.39, 0.29) is 17.4 Å². The molecule has 1 aliphatic carbocycles. The van der Waals surface area contributed by atoms with E-state index < -0.39 is 10.8 Å². The van der Waals surface area contributed by atoms with Gasteiger partial charge in [-0.05, 0) is 19.3 Å². The third-order valence-electron chi connectivity index (χ3n) is 2.59. The van der Waals surface area contributed by atoms with Crippen molar-refractivity contribution in [1.29, 1.82) is 0 Å². The first kappa shape index (κ1) is 9.63. The van der Waals surface area contributed by atoms with Crippen molar-refractivity contribution >= 4 is 11.6 Å². The fraction of sp³-hybridized carbons (Fsp3) is 0.500. The monoisotopic (exact) mass is 210 g/mol. The second kappa shape index (κ2) is 3.34. The molecule has 0 aromatic carbocycles. The molecule has 2 rings (SSSR count). The van der Waals surface area contributed by atoms with Gasteiger partial charge in [0.05, 0.1) is 11.0 Å². The number of nitro groups is 1. The summed E-state index contributed by atoms with van der Waals surface area (Å²) in [7, 11) is 0. The first-order chi connectivity index (χ1) is 7.09. The van der Waals surface area contributed by atoms with Gasteiger partial charge in [0.25, 0.3) is 5.91 Å². The Labute approximate surface area is 85.0 Å². The topological polar surface area (TPSA) is 104 Å². The minimum Gasteiger partial charge on any atom is -0.364 e. The Hall–Kier alpha value is -1.92. The van der Waals surface area contributed by atoms with Crippen LogP contribution in [0.1, 0.15) is 35.8 Å². The quantitative estimate of drug-likeness (QED) is 0.583. The number of primary amides is 1. The zero-order valence-electron chi connectivity index (χ0n) is 7.92. The fourth-order valence-corrected chi connectivity index (χ4v) is 1.53. The zero-order valence-corrected chi connectivity index (χ0v) is 7.92. The molecule has 0 atom stereocenters. The third kappa shape index (κ3) is 1.56. The lowest BCUT2D eigenvalue weighted by Gasteiger charge is -2.24. The molecule has 0 radical (unpaired) electrons. The van der Waals surface area contributed by atoms with Crippen LogP contribution in [0.4, 0.5) is 5.69 Å². The molecule has 1 fully saturated rings. The van der Waals surface area contributed by atoms with E-state index in [1.807, 2.05) is 0 Å². The van der Waals surface area contributed by atoms with Gasteiger partial charge in [-0.25, -0.2) is 0 Å². The summed E-state index contributed by atoms with van der Waals surface area (Å²) in [5.41, 5.74) is 4.44. The van der Waals surface area contributed by atoms with Gasteiger partial charge in [0, 0.05) is 0 Å². The highest BCUT2D eigenvalue weighted by atomic mass is 16.6. The van der Waals surface area contributed by atoms with Crippen LogP contribution < -0.4 is 5.73 Å². The van der Waals surface area contributed by atoms with Crippen molar-refractivity contribution in [2.24, 2.45) is 5.73 Å². The van der Waals surface area contributed by atoms with Gasteiger partial charge >= 0.3 is 5.69 Å². The van der Waals surface area contributed by atoms with Gasteiger partial charge in [-0.3, -0.25) is 19.6 Å². The molecule has 0 unspecified atom stereocenters. The summed E-state index contributed by atoms with van der Waals surface area (Å²) < 4.78 is 1.47. The summed E-state index contributed by atoms with van der Waals surface area (Å²) in [6, 6.07) is 0.178. The maximum Gasteiger partial charge on any atom is 0.320 e. The van der Waals surface area contributed by atoms with E-state index in [2.05, 4.69) is 5.10 Å². The lowest BCUT2D eigenvalue weighted by molar-refractivity contribution is -0.385. The summed E-state index contributed by atoms with van der Waals surface area (Å²) in [6.07, 6.45) is 4.25. The number of hydrogen-bond acceptors (Lipinski definition) is 4. The number of aromatic nitrogens is 2. The highest BCUT2D eigenvalue weighted by Crippen LogP contribution is 2.32. The van der Waals surface area contributed by atoms with Crippen molar-refractivity contribution in [2.45, 2.75) is 25.3 Å². The molecule has 7 nitrogen and oxygen atoms in total. The molecule has 1 aliphatic rings. The Morgan fingerprint density at radius 1 is 1.67 bits per heavy atom. The van der Waals surface area contributed by atoms with Crippen molar-refractivity contribution < 1.29 is 9.72 Å². The zero-order chi connectivity index (χ0) is 11.0. The lowest BCUT2D eigenvalue weighted by atomic mass is 9.93. The number of carbonyl (C=O) groups is 1. The van der Waals surface area contributed by atoms with Crippen LogP contribution in [0.25, 0.3) is 0 Å². The maximum atomic E-state index is 10.9. The molecule has 1 aromatic heterocycles. The highest BCUT2D eigenvalue weighted by Gasteiger charge is 2.28. The molecule has 80 valence electrons. The largest absolute Gasteiger partial charge is 0.364 e. The first-order valence-electron chi connectivity index (χ1n) is 4.63. The van der Waals surface area contributed by atoms with Crippen LogP contribution in [0.2, 0.25) is 0 Å². The fourth-order valence-electron chi connectivity index (χ4n) is 1.53. The Bertz CT molecular complexity index is 390. The molecular weight excluding hydrogens is 200 g/mol. The molecule has 7 heteroatoms. The number of carbonyl (C=O) groups excluding carboxylic acids is 1. The summed E-state index contributed by atoms with van der Waals surface area (Å²) in [5.74, 6) is -0.861. The Morgan fingerprint density at radius 2 is 2.33 bits per heavy atom. The van der Waals surface area contributed by atoms with Crippen molar-refractivity contribution in [3.05, 3.63) is 22.0 Å². The van der Waals surface area contributed by atoms with E-state index in [4.69, 9.17) is 5.73 Å². The smallest absolute Gasteiger partial charge is 0.320 e. The highest BCUT2D eigenvalue weighted by molar-refractivity contribution is 5.94. The van der Waals surface area contributed by atoms with Gasteiger partial charge in [-0.15, -0.1) is 0 Å². The number of amides is 1. The molecule has 1 saturated carbocycles. The molecule has 15 heavy (non-hydrogen) atoms. The number of nitrogens with two attached hydrogens (primary N) is 1. The van der Waals surface area contributed by atoms with Crippen LogP contribution in [0.15, 0.2) is 6.20 Å². The molecule has 0 bridgehead atoms. The maximum absolute atomic E-state index is 10.9. The van der Waals surface area contributed by atoms with Crippen LogP contribution in [0.5, 0.6) is 0 Å². The molecule has 1 amide bonds. The van der Waals surface area contributed by atoms with Gasteiger partial charge in [-0.1, -0.05) is 0 Å². The average molecular weight is 210 g/mol. The second-order valence-electron chi connectivity index (χ2n) is 3.55. The van der Waals surface area contributed by atoms with Gasteiger partial charge < -0.3 is 5.73 Å². The molecule has 1 heterocycles. The van der Waals surface area contributed by atoms with E-state index in [1.54, 1.807) is 0 Å². The van der Waals surface area contributed by atoms with Crippen molar-refractivity contribution in [1.82, 2.24) is 9.78 Å². The van der Waals surface area contributed by atoms with E-state index in [9.17, 15) is 14.9 Å². The summed E-state index contributed by atoms with van der Waals surface area (Å²) in [4.78, 5) is 20.9. The van der Waals surface area contributed by atoms with Crippen molar-refractivity contribution in [2.75, 3.05) is 0 Å². The Balaban J connectivity index is 2.39. The second-order valence-corrected chi connectivity index (χ2v) is 3.55. The minimum atomic E-state index is -0.861. The van der Waals surface area contributed by atoms with E-state index in [0.29, 0.717) is 0 Å². The summed E-state index contributed by atoms with van der Waals surface area (Å²) in [5, 5.41) is 14.5. The number of nitrogens with zero attached hydrogens (tertiary/aromatic N) is 3. The molecule has 0 aliphatic heterocycles. The Kier molecular flexibility index (Phi) is 2.14. The molecule has 1 aromatic rings. The molecule has 2 N–H and O–H groups in total. The van der Waals surface area contributed by atoms with Gasteiger partial charge in [0.1, 0.15) is 6.20 Å². The predicted molar refractivity (Wildman–Crippen MR) is 50.3 cm³/mol. The van der Waals surface area contributed by atoms with E-state index in [0.717, 1.165) is 19.3 Å². The summed E-state index contributed by atoms with van der Waals surface area (Å²) in [6.45, 7) is 0. The molecular formula is C8H10N4O3. The van der Waals surface area contributed by atoms with E-state index >= 15 is 0 Å². The standard InChI is InChI=1S/C8H10N4O3/c9-8(13)7-6(12(14)15)4-11(10-7)5-2-1-3-5/h4-5H,1-3H2,(H2,9,13). The van der Waals surface area contributed by atoms with Crippen LogP contribution in [0.3, 0.4) is 0 Å². The van der Waals surface area contributed by atoms with Crippen LogP contribution in [-0.4, -0.2) is 20.6 Å². The minimum absolute atomic E-state index is 0.178. The molecule has 0 saturated heterocycles. The Morgan fingerprint density at radius 3 is 2.67 bits per heavy atom. The van der Waals surface area contributed by atoms with Crippen molar-refractivity contribution in [3.63, 3.8) is 0 Å². The summed E-state index contributed by atoms with van der Waals surface area (Å²) >= 11 is 0. The van der Waals surface area contributed by atoms with Crippen LogP contribution in [-0.2, 0) is 0 Å². The average Bonchev–Trinajstić information content (AvgIpc) is 2.45. The predicted octanol–water partition coefficient (Wildman–Crippen LogP) is 0.615. The molecule has 0 spiro atoms. The van der Waals surface area contributed by atoms with Crippen LogP contribution >= 0.6 is 0 Å². The van der Waals surface area contributed by atoms with Gasteiger partial charge in [0.2, 0.25) is 5.69 Å². The lowest BCUT2D eigenvalue weighted by Crippen LogP contribution is -2.19. The first-order valence-corrected chi connectivity index (χ1v) is 4.63. The van der Waals surface area contributed by atoms with Gasteiger partial charge in [0.15, 0.2) is 0 Å². The van der Waals surface area contributed by atoms with Crippen LogP contribution in [0, 0.1) is 10.1 Å². The van der Waals surface area contributed by atoms with Gasteiger partial charge in [-0.2, -0.15) is 5.10 Å². The van der Waals surface area contributed by atoms with Crippen molar-refractivity contribution in [3.8, 4) is 0 Å². The SMILES string of the molecule is NC(=O)c1nn(C2CCC2)cc1[N+](=O)[O-]. The number of hydrogen-bond donors (Lipinski definition) is 1. The van der Waals surface area contributed by atoms with E-state index in [1.165, 1.54) is 10.9 Å². The third-order valence-corrected chi connectivity index (χ3v) is 2.59. The number of rotatable bonds is 3.